The van der Waals surface area contributed by atoms with E-state index in [1.54, 1.807) is 35.1 Å². The molecule has 2 saturated heterocycles. The second kappa shape index (κ2) is 12.0. The van der Waals surface area contributed by atoms with Gasteiger partial charge in [-0.2, -0.15) is 4.39 Å². The molecule has 0 N–H and O–H groups in total. The molecule has 3 aliphatic rings. The second-order valence-corrected chi connectivity index (χ2v) is 13.2. The normalized spacial score (nSPS) is 26.8. The molecule has 45 heavy (non-hydrogen) atoms. The van der Waals surface area contributed by atoms with Crippen molar-refractivity contribution >= 4 is 23.4 Å². The van der Waals surface area contributed by atoms with Crippen LogP contribution < -0.4 is 9.64 Å². The zero-order valence-corrected chi connectivity index (χ0v) is 26.1. The highest BCUT2D eigenvalue weighted by atomic mass is 19.2. The van der Waals surface area contributed by atoms with Crippen LogP contribution in [0.25, 0.3) is 11.3 Å². The summed E-state index contributed by atoms with van der Waals surface area (Å²) in [4.78, 5) is 44.9. The first-order chi connectivity index (χ1) is 21.6. The summed E-state index contributed by atoms with van der Waals surface area (Å²) in [5, 5.41) is 8.38. The van der Waals surface area contributed by atoms with Crippen molar-refractivity contribution in [3.05, 3.63) is 60.3 Å². The Kier molecular flexibility index (Phi) is 8.22. The highest BCUT2D eigenvalue weighted by Crippen LogP contribution is 2.48. The molecule has 2 aliphatic heterocycles. The Morgan fingerprint density at radius 1 is 1.04 bits per heavy atom. The first kappa shape index (κ1) is 30.9. The van der Waals surface area contributed by atoms with Crippen molar-refractivity contribution in [2.24, 2.45) is 35.0 Å². The van der Waals surface area contributed by atoms with Gasteiger partial charge < -0.3 is 9.64 Å². The van der Waals surface area contributed by atoms with E-state index in [0.29, 0.717) is 38.2 Å². The predicted molar refractivity (Wildman–Crippen MR) is 163 cm³/mol. The van der Waals surface area contributed by atoms with Crippen LogP contribution in [-0.2, 0) is 20.9 Å². The molecular weight excluding hydrogens is 580 g/mol. The van der Waals surface area contributed by atoms with Crippen molar-refractivity contribution in [2.75, 3.05) is 25.1 Å². The summed E-state index contributed by atoms with van der Waals surface area (Å²) in [6, 6.07) is 11.7. The van der Waals surface area contributed by atoms with E-state index in [1.165, 1.54) is 24.1 Å². The number of benzene rings is 2. The molecule has 1 saturated carbocycles. The lowest BCUT2D eigenvalue weighted by molar-refractivity contribution is -0.148. The molecule has 3 fully saturated rings. The second-order valence-electron chi connectivity index (χ2n) is 13.2. The average molecular weight is 620 g/mol. The number of aromatic nitrogens is 3. The highest BCUT2D eigenvalue weighted by Gasteiger charge is 2.58. The van der Waals surface area contributed by atoms with Gasteiger partial charge in [0.05, 0.1) is 43.3 Å². The fourth-order valence-corrected chi connectivity index (χ4v) is 7.72. The van der Waals surface area contributed by atoms with Gasteiger partial charge in [0.2, 0.25) is 23.5 Å². The molecule has 0 spiro atoms. The number of fused-ring (bicyclic) bond motifs is 1. The minimum atomic E-state index is -1.08. The SMILES string of the molecule is COc1ccc(-c2cn(CC3(C(C)C)CCCN(C(=O)C4CCC(C)C5C(=O)N(c6ccccc6)C(=O)C45)C3)nn2)c(F)c1F. The van der Waals surface area contributed by atoms with Crippen molar-refractivity contribution in [3.63, 3.8) is 0 Å². The molecule has 9 nitrogen and oxygen atoms in total. The summed E-state index contributed by atoms with van der Waals surface area (Å²) in [6.07, 6.45) is 4.46. The maximum atomic E-state index is 14.8. The number of anilines is 1. The number of imide groups is 1. The van der Waals surface area contributed by atoms with Crippen LogP contribution in [0.1, 0.15) is 46.5 Å². The van der Waals surface area contributed by atoms with Gasteiger partial charge in [0.25, 0.3) is 0 Å². The third-order valence-corrected chi connectivity index (χ3v) is 10.4. The van der Waals surface area contributed by atoms with Gasteiger partial charge in [0.1, 0.15) is 5.69 Å². The van der Waals surface area contributed by atoms with Crippen molar-refractivity contribution in [1.29, 1.82) is 0 Å². The molecule has 238 valence electrons. The van der Waals surface area contributed by atoms with E-state index in [0.717, 1.165) is 12.8 Å². The number of nitrogens with zero attached hydrogens (tertiary/aromatic N) is 5. The number of methoxy groups -OCH3 is 1. The van der Waals surface area contributed by atoms with Crippen LogP contribution >= 0.6 is 0 Å². The van der Waals surface area contributed by atoms with E-state index >= 15 is 0 Å². The number of carbonyl (C=O) groups excluding carboxylic acids is 3. The van der Waals surface area contributed by atoms with Crippen LogP contribution in [0.15, 0.2) is 48.7 Å². The number of para-hydroxylation sites is 1. The Morgan fingerprint density at radius 2 is 1.78 bits per heavy atom. The number of carbonyl (C=O) groups is 3. The molecule has 3 heterocycles. The van der Waals surface area contributed by atoms with Crippen molar-refractivity contribution in [2.45, 2.75) is 53.0 Å². The molecule has 1 aromatic heterocycles. The molecule has 6 rings (SSSR count). The van der Waals surface area contributed by atoms with Crippen LogP contribution in [0.4, 0.5) is 14.5 Å². The quantitative estimate of drug-likeness (QED) is 0.331. The lowest BCUT2D eigenvalue weighted by Crippen LogP contribution is -2.54. The molecule has 3 amide bonds. The number of rotatable bonds is 7. The van der Waals surface area contributed by atoms with Gasteiger partial charge in [0.15, 0.2) is 11.6 Å². The first-order valence-corrected chi connectivity index (χ1v) is 15.7. The molecule has 11 heteroatoms. The van der Waals surface area contributed by atoms with Gasteiger partial charge in [-0.3, -0.25) is 24.0 Å². The van der Waals surface area contributed by atoms with E-state index in [2.05, 4.69) is 24.2 Å². The van der Waals surface area contributed by atoms with Gasteiger partial charge in [-0.05, 0) is 61.8 Å². The summed E-state index contributed by atoms with van der Waals surface area (Å²) >= 11 is 0. The summed E-state index contributed by atoms with van der Waals surface area (Å²) in [7, 11) is 1.27. The van der Waals surface area contributed by atoms with E-state index in [1.807, 2.05) is 17.9 Å². The van der Waals surface area contributed by atoms with Crippen molar-refractivity contribution in [3.8, 4) is 17.0 Å². The smallest absolute Gasteiger partial charge is 0.238 e. The number of piperidine rings is 1. The predicted octanol–water partition coefficient (Wildman–Crippen LogP) is 5.35. The number of hydrogen-bond donors (Lipinski definition) is 0. The van der Waals surface area contributed by atoms with E-state index in [4.69, 9.17) is 4.74 Å². The summed E-state index contributed by atoms with van der Waals surface area (Å²) in [5.41, 5.74) is 0.364. The van der Waals surface area contributed by atoms with Crippen molar-refractivity contribution < 1.29 is 27.9 Å². The molecule has 2 aromatic carbocycles. The minimum Gasteiger partial charge on any atom is -0.494 e. The third-order valence-electron chi connectivity index (χ3n) is 10.4. The molecular formula is C34H39F2N5O4. The summed E-state index contributed by atoms with van der Waals surface area (Å²) in [6.45, 7) is 7.67. The van der Waals surface area contributed by atoms with Crippen LogP contribution in [0.3, 0.4) is 0 Å². The third kappa shape index (κ3) is 5.29. The zero-order chi connectivity index (χ0) is 32.0. The number of likely N-dealkylation sites (tertiary alicyclic amines) is 1. The van der Waals surface area contributed by atoms with E-state index < -0.39 is 29.4 Å². The molecule has 5 atom stereocenters. The Labute approximate surface area is 261 Å². The lowest BCUT2D eigenvalue weighted by Gasteiger charge is -2.47. The van der Waals surface area contributed by atoms with Crippen LogP contribution in [0.5, 0.6) is 5.75 Å². The van der Waals surface area contributed by atoms with Gasteiger partial charge in [0, 0.05) is 24.1 Å². The minimum absolute atomic E-state index is 0.00541. The van der Waals surface area contributed by atoms with Crippen LogP contribution in [0.2, 0.25) is 0 Å². The maximum Gasteiger partial charge on any atom is 0.238 e. The van der Waals surface area contributed by atoms with Gasteiger partial charge in [-0.1, -0.05) is 44.2 Å². The van der Waals surface area contributed by atoms with Crippen molar-refractivity contribution in [1.82, 2.24) is 19.9 Å². The van der Waals surface area contributed by atoms with Gasteiger partial charge in [-0.25, -0.2) is 4.39 Å². The summed E-state index contributed by atoms with van der Waals surface area (Å²) in [5.74, 6) is -4.51. The Morgan fingerprint density at radius 3 is 2.49 bits per heavy atom. The maximum absolute atomic E-state index is 14.8. The fourth-order valence-electron chi connectivity index (χ4n) is 7.72. The largest absolute Gasteiger partial charge is 0.494 e. The van der Waals surface area contributed by atoms with Crippen LogP contribution in [-0.4, -0.2) is 57.8 Å². The average Bonchev–Trinajstić information content (AvgIpc) is 3.60. The molecule has 5 unspecified atom stereocenters. The van der Waals surface area contributed by atoms with E-state index in [9.17, 15) is 23.2 Å². The number of amides is 3. The molecule has 3 aromatic rings. The topological polar surface area (TPSA) is 97.6 Å². The standard InChI is InChI=1S/C34H39F2N5O4/c1-20(2)34(19-40-17-25(37-38-40)23-13-14-26(45-4)30(36)29(23)35)15-8-16-39(18-34)31(42)24-12-11-21(3)27-28(24)33(44)41(32(27)43)22-9-6-5-7-10-22/h5-7,9-10,13-14,17,20-21,24,27-28H,8,11-12,15-16,18-19H2,1-4H3. The monoisotopic (exact) mass is 619 g/mol. The Bertz CT molecular complexity index is 1610. The number of halogens is 2. The molecule has 0 radical (unpaired) electrons. The fraction of sp³-hybridized carbons (Fsp3) is 0.500. The molecule has 1 aliphatic carbocycles. The van der Waals surface area contributed by atoms with Gasteiger partial charge in [-0.15, -0.1) is 5.10 Å². The Balaban J connectivity index is 1.23. The van der Waals surface area contributed by atoms with E-state index in [-0.39, 0.29) is 52.0 Å². The Hall–Kier alpha value is -4.15. The van der Waals surface area contributed by atoms with Crippen LogP contribution in [0, 0.1) is 46.6 Å². The number of ether oxygens (including phenoxy) is 1. The highest BCUT2D eigenvalue weighted by molar-refractivity contribution is 6.23. The zero-order valence-electron chi connectivity index (χ0n) is 26.1. The lowest BCUT2D eigenvalue weighted by atomic mass is 9.67. The van der Waals surface area contributed by atoms with Gasteiger partial charge >= 0.3 is 0 Å². The number of hydrogen-bond acceptors (Lipinski definition) is 6. The first-order valence-electron chi connectivity index (χ1n) is 15.7. The summed E-state index contributed by atoms with van der Waals surface area (Å²) < 4.78 is 35.7. The molecule has 0 bridgehead atoms.